The molecule has 0 unspecified atom stereocenters. The zero-order chi connectivity index (χ0) is 20.9. The lowest BCUT2D eigenvalue weighted by atomic mass is 9.83. The molecule has 30 heavy (non-hydrogen) atoms. The number of rotatable bonds is 3. The van der Waals surface area contributed by atoms with Gasteiger partial charge < -0.3 is 9.47 Å². The average Bonchev–Trinajstić information content (AvgIpc) is 3.24. The van der Waals surface area contributed by atoms with E-state index in [1.807, 2.05) is 6.07 Å². The summed E-state index contributed by atoms with van der Waals surface area (Å²) in [7, 11) is 0. The minimum absolute atomic E-state index is 0.0578. The molecule has 5 rings (SSSR count). The first-order valence-electron chi connectivity index (χ1n) is 10.3. The van der Waals surface area contributed by atoms with Crippen molar-refractivity contribution >= 4 is 5.91 Å². The van der Waals surface area contributed by atoms with Crippen LogP contribution in [-0.2, 0) is 13.1 Å². The highest BCUT2D eigenvalue weighted by Crippen LogP contribution is 2.36. The van der Waals surface area contributed by atoms with Gasteiger partial charge in [-0.3, -0.25) is 14.5 Å². The van der Waals surface area contributed by atoms with Gasteiger partial charge >= 0.3 is 0 Å². The van der Waals surface area contributed by atoms with Crippen LogP contribution in [0.2, 0.25) is 0 Å². The molecule has 2 bridgehead atoms. The average molecular weight is 419 g/mol. The van der Waals surface area contributed by atoms with Crippen LogP contribution >= 0.6 is 0 Å². The third-order valence-electron chi connectivity index (χ3n) is 6.42. The lowest BCUT2D eigenvalue weighted by Gasteiger charge is -2.42. The number of hydrogen-bond acceptors (Lipinski definition) is 6. The number of amides is 1. The van der Waals surface area contributed by atoms with Gasteiger partial charge in [-0.1, -0.05) is 11.2 Å². The number of likely N-dealkylation sites (tertiary alicyclic amines) is 2. The molecule has 1 amide bonds. The SMILES string of the molecule is O=C(c1cnon1)N1C[C@@H]2C[C@H](C1)c1ccc(CN3CCCC(F)(F)C3)c(=O)n1C2. The van der Waals surface area contributed by atoms with Gasteiger partial charge in [0.15, 0.2) is 5.69 Å². The minimum atomic E-state index is -2.69. The van der Waals surface area contributed by atoms with Crippen LogP contribution in [0.4, 0.5) is 8.78 Å². The highest BCUT2D eigenvalue weighted by molar-refractivity contribution is 5.91. The Morgan fingerprint density at radius 3 is 2.90 bits per heavy atom. The zero-order valence-electron chi connectivity index (χ0n) is 16.5. The Morgan fingerprint density at radius 2 is 2.13 bits per heavy atom. The van der Waals surface area contributed by atoms with Gasteiger partial charge in [-0.05, 0) is 36.5 Å². The van der Waals surface area contributed by atoms with E-state index >= 15 is 0 Å². The van der Waals surface area contributed by atoms with Crippen molar-refractivity contribution in [3.8, 4) is 0 Å². The third-order valence-corrected chi connectivity index (χ3v) is 6.42. The predicted molar refractivity (Wildman–Crippen MR) is 101 cm³/mol. The number of halogens is 2. The van der Waals surface area contributed by atoms with Crippen LogP contribution < -0.4 is 5.56 Å². The molecule has 0 radical (unpaired) electrons. The fraction of sp³-hybridized carbons (Fsp3) is 0.600. The molecule has 2 aromatic rings. The molecule has 3 aliphatic heterocycles. The summed E-state index contributed by atoms with van der Waals surface area (Å²) in [6.07, 6.45) is 2.57. The molecule has 2 fully saturated rings. The fourth-order valence-corrected chi connectivity index (χ4v) is 5.12. The van der Waals surface area contributed by atoms with Gasteiger partial charge in [0, 0.05) is 49.8 Å². The molecule has 2 saturated heterocycles. The van der Waals surface area contributed by atoms with Crippen molar-refractivity contribution in [1.29, 1.82) is 0 Å². The molecule has 160 valence electrons. The van der Waals surface area contributed by atoms with E-state index in [4.69, 9.17) is 0 Å². The van der Waals surface area contributed by atoms with E-state index in [0.29, 0.717) is 38.2 Å². The topological polar surface area (TPSA) is 84.5 Å². The lowest BCUT2D eigenvalue weighted by molar-refractivity contribution is -0.0662. The normalized spacial score (nSPS) is 25.7. The Kier molecular flexibility index (Phi) is 4.68. The van der Waals surface area contributed by atoms with Crippen molar-refractivity contribution in [3.05, 3.63) is 45.6 Å². The molecule has 5 heterocycles. The number of nitrogens with zero attached hydrogens (tertiary/aromatic N) is 5. The number of piperidine rings is 2. The van der Waals surface area contributed by atoms with Gasteiger partial charge in [0.25, 0.3) is 17.4 Å². The number of alkyl halides is 2. The van der Waals surface area contributed by atoms with E-state index in [1.165, 1.54) is 6.20 Å². The lowest BCUT2D eigenvalue weighted by Crippen LogP contribution is -2.50. The Morgan fingerprint density at radius 1 is 1.27 bits per heavy atom. The van der Waals surface area contributed by atoms with Gasteiger partial charge in [-0.15, -0.1) is 0 Å². The fourth-order valence-electron chi connectivity index (χ4n) is 5.12. The van der Waals surface area contributed by atoms with E-state index in [-0.39, 0.29) is 48.5 Å². The Balaban J connectivity index is 1.36. The van der Waals surface area contributed by atoms with E-state index in [1.54, 1.807) is 20.4 Å². The van der Waals surface area contributed by atoms with Crippen molar-refractivity contribution in [2.75, 3.05) is 26.2 Å². The summed E-state index contributed by atoms with van der Waals surface area (Å²) in [6.45, 7) is 2.09. The monoisotopic (exact) mass is 419 g/mol. The summed E-state index contributed by atoms with van der Waals surface area (Å²) < 4.78 is 33.8. The van der Waals surface area contributed by atoms with Crippen LogP contribution in [0, 0.1) is 5.92 Å². The summed E-state index contributed by atoms with van der Waals surface area (Å²) in [5.41, 5.74) is 1.54. The first kappa shape index (κ1) is 19.3. The van der Waals surface area contributed by atoms with Crippen molar-refractivity contribution < 1.29 is 18.2 Å². The van der Waals surface area contributed by atoms with Gasteiger partial charge in [0.1, 0.15) is 6.20 Å². The maximum atomic E-state index is 13.7. The van der Waals surface area contributed by atoms with E-state index in [2.05, 4.69) is 14.9 Å². The third kappa shape index (κ3) is 3.53. The smallest absolute Gasteiger partial charge is 0.277 e. The first-order valence-corrected chi connectivity index (χ1v) is 10.3. The summed E-state index contributed by atoms with van der Waals surface area (Å²) in [4.78, 5) is 29.2. The Bertz CT molecular complexity index is 1010. The zero-order valence-corrected chi connectivity index (χ0v) is 16.5. The molecule has 2 aromatic heterocycles. The molecule has 0 aliphatic carbocycles. The largest absolute Gasteiger partial charge is 0.336 e. The summed E-state index contributed by atoms with van der Waals surface area (Å²) in [6, 6.07) is 3.69. The minimum Gasteiger partial charge on any atom is -0.336 e. The number of hydrogen-bond donors (Lipinski definition) is 0. The molecule has 8 nitrogen and oxygen atoms in total. The molecule has 10 heteroatoms. The quantitative estimate of drug-likeness (QED) is 0.753. The number of aromatic nitrogens is 3. The van der Waals surface area contributed by atoms with Crippen molar-refractivity contribution in [2.24, 2.45) is 5.92 Å². The van der Waals surface area contributed by atoms with Crippen LogP contribution in [0.25, 0.3) is 0 Å². The molecule has 0 N–H and O–H groups in total. The van der Waals surface area contributed by atoms with Crippen LogP contribution in [0.3, 0.4) is 0 Å². The second kappa shape index (κ2) is 7.26. The Hall–Kier alpha value is -2.62. The summed E-state index contributed by atoms with van der Waals surface area (Å²) in [5, 5.41) is 7.12. The van der Waals surface area contributed by atoms with E-state index < -0.39 is 5.92 Å². The number of pyridine rings is 1. The standard InChI is InChI=1S/C20H23F2N5O3/c21-20(22)4-1-5-25(12-20)10-14-2-3-17-15-6-13(9-27(17)18(14)28)8-26(11-15)19(29)16-7-23-30-24-16/h2-3,7,13,15H,1,4-6,8-12H2/t13-,15+/m0/s1. The van der Waals surface area contributed by atoms with Gasteiger partial charge in [0.2, 0.25) is 0 Å². The summed E-state index contributed by atoms with van der Waals surface area (Å²) in [5.74, 6) is -2.69. The highest BCUT2D eigenvalue weighted by Gasteiger charge is 2.38. The van der Waals surface area contributed by atoms with Crippen molar-refractivity contribution in [3.63, 3.8) is 0 Å². The van der Waals surface area contributed by atoms with Crippen molar-refractivity contribution in [2.45, 2.75) is 44.2 Å². The molecular weight excluding hydrogens is 396 g/mol. The molecule has 3 aliphatic rings. The first-order chi connectivity index (χ1) is 14.4. The molecule has 0 saturated carbocycles. The highest BCUT2D eigenvalue weighted by atomic mass is 19.3. The van der Waals surface area contributed by atoms with Gasteiger partial charge in [-0.25, -0.2) is 13.4 Å². The molecule has 2 atom stereocenters. The van der Waals surface area contributed by atoms with Crippen LogP contribution in [0.5, 0.6) is 0 Å². The van der Waals surface area contributed by atoms with Crippen LogP contribution in [-0.4, -0.2) is 62.7 Å². The second-order valence-corrected chi connectivity index (χ2v) is 8.67. The van der Waals surface area contributed by atoms with Crippen molar-refractivity contribution in [1.82, 2.24) is 24.7 Å². The van der Waals surface area contributed by atoms with E-state index in [0.717, 1.165) is 12.1 Å². The summed E-state index contributed by atoms with van der Waals surface area (Å²) >= 11 is 0. The second-order valence-electron chi connectivity index (χ2n) is 8.67. The number of carbonyl (C=O) groups is 1. The molecular formula is C20H23F2N5O3. The maximum Gasteiger partial charge on any atom is 0.277 e. The Labute approximate surface area is 171 Å². The molecule has 0 spiro atoms. The maximum absolute atomic E-state index is 13.7. The van der Waals surface area contributed by atoms with Gasteiger partial charge in [0.05, 0.1) is 6.54 Å². The van der Waals surface area contributed by atoms with Crippen LogP contribution in [0.1, 0.15) is 46.9 Å². The number of carbonyl (C=O) groups excluding carboxylic acids is 1. The number of fused-ring (bicyclic) bond motifs is 4. The predicted octanol–water partition coefficient (Wildman–Crippen LogP) is 1.72. The van der Waals surface area contributed by atoms with Gasteiger partial charge in [-0.2, -0.15) is 0 Å². The van der Waals surface area contributed by atoms with E-state index in [9.17, 15) is 18.4 Å². The molecule has 0 aromatic carbocycles. The van der Waals surface area contributed by atoms with Crippen LogP contribution in [0.15, 0.2) is 27.8 Å².